The van der Waals surface area contributed by atoms with Gasteiger partial charge in [0.2, 0.25) is 5.78 Å². The van der Waals surface area contributed by atoms with Crippen molar-refractivity contribution in [3.8, 4) is 17.2 Å². The van der Waals surface area contributed by atoms with E-state index in [0.29, 0.717) is 35.6 Å². The first kappa shape index (κ1) is 30.7. The monoisotopic (exact) mass is 581 g/mol. The summed E-state index contributed by atoms with van der Waals surface area (Å²) in [7, 11) is 0. The summed E-state index contributed by atoms with van der Waals surface area (Å²) in [6, 6.07) is 18.1. The van der Waals surface area contributed by atoms with Crippen molar-refractivity contribution >= 4 is 5.78 Å². The highest BCUT2D eigenvalue weighted by Crippen LogP contribution is 2.39. The molecular weight excluding hydrogens is 538 g/mol. The van der Waals surface area contributed by atoms with Crippen molar-refractivity contribution in [1.29, 1.82) is 5.26 Å². The van der Waals surface area contributed by atoms with Crippen LogP contribution in [0.3, 0.4) is 0 Å². The summed E-state index contributed by atoms with van der Waals surface area (Å²) in [5.41, 5.74) is 3.62. The zero-order chi connectivity index (χ0) is 30.9. The van der Waals surface area contributed by atoms with E-state index >= 15 is 0 Å². The molecule has 1 atom stereocenters. The zero-order valence-electron chi connectivity index (χ0n) is 26.2. The Balaban J connectivity index is 1.53. The summed E-state index contributed by atoms with van der Waals surface area (Å²) in [6.45, 7) is 11.5. The molecule has 0 aliphatic heterocycles. The Morgan fingerprint density at radius 1 is 1.19 bits per heavy atom. The molecule has 1 aliphatic carbocycles. The Kier molecular flexibility index (Phi) is 8.60. The van der Waals surface area contributed by atoms with E-state index in [2.05, 4.69) is 19.9 Å². The van der Waals surface area contributed by atoms with Gasteiger partial charge in [-0.2, -0.15) is 15.3 Å². The van der Waals surface area contributed by atoms with Crippen LogP contribution < -0.4 is 5.56 Å². The van der Waals surface area contributed by atoms with Gasteiger partial charge in [-0.3, -0.25) is 9.36 Å². The van der Waals surface area contributed by atoms with Gasteiger partial charge in [0.1, 0.15) is 5.82 Å². The van der Waals surface area contributed by atoms with Crippen molar-refractivity contribution in [3.63, 3.8) is 0 Å². The van der Waals surface area contributed by atoms with Gasteiger partial charge < -0.3 is 9.84 Å². The molecule has 1 aliphatic rings. The van der Waals surface area contributed by atoms with Crippen LogP contribution >= 0.6 is 0 Å². The maximum absolute atomic E-state index is 14.5. The van der Waals surface area contributed by atoms with E-state index in [4.69, 9.17) is 14.8 Å². The van der Waals surface area contributed by atoms with Gasteiger partial charge in [-0.15, -0.1) is 0 Å². The summed E-state index contributed by atoms with van der Waals surface area (Å²) < 4.78 is 10.1. The average molecular weight is 582 g/mol. The minimum absolute atomic E-state index is 0.0339. The fraction of sp³-hybridized carbons (Fsp3) is 0.486. The van der Waals surface area contributed by atoms with Crippen molar-refractivity contribution in [2.24, 2.45) is 0 Å². The number of nitrogens with zero attached hydrogens (tertiary/aromatic N) is 5. The molecule has 0 spiro atoms. The van der Waals surface area contributed by atoms with Crippen LogP contribution in [0, 0.1) is 18.3 Å². The minimum Gasteiger partial charge on any atom is -0.388 e. The number of aromatic nitrogens is 4. The van der Waals surface area contributed by atoms with Crippen LogP contribution in [-0.2, 0) is 17.6 Å². The van der Waals surface area contributed by atoms with E-state index in [0.717, 1.165) is 54.5 Å². The predicted molar refractivity (Wildman–Crippen MR) is 168 cm³/mol. The van der Waals surface area contributed by atoms with Crippen molar-refractivity contribution in [2.45, 2.75) is 110 Å². The normalized spacial score (nSPS) is 19.8. The third-order valence-electron chi connectivity index (χ3n) is 8.98. The van der Waals surface area contributed by atoms with Crippen molar-refractivity contribution in [3.05, 3.63) is 87.1 Å². The molecule has 2 aromatic heterocycles. The fourth-order valence-electron chi connectivity index (χ4n) is 6.26. The highest BCUT2D eigenvalue weighted by atomic mass is 16.5. The van der Waals surface area contributed by atoms with E-state index in [1.165, 1.54) is 0 Å². The van der Waals surface area contributed by atoms with Gasteiger partial charge >= 0.3 is 0 Å². The van der Waals surface area contributed by atoms with Crippen LogP contribution in [0.25, 0.3) is 16.9 Å². The van der Waals surface area contributed by atoms with Gasteiger partial charge in [0.05, 0.1) is 34.6 Å². The predicted octanol–water partition coefficient (Wildman–Crippen LogP) is 6.33. The third-order valence-corrected chi connectivity index (χ3v) is 8.98. The van der Waals surface area contributed by atoms with Gasteiger partial charge in [-0.25, -0.2) is 4.52 Å². The molecule has 1 N–H and O–H groups in total. The standard InChI is InChI=1S/C35H43N5O3/c1-7-11-31-30(21-25-14-15-29(27(20-25)22-36)26-12-9-8-10-13-26)32(41)39(33-37-24(3)38-40(31)33)28-16-18-35(6,19-17-28)43-23(2)34(4,5)42/h8-10,12-15,20,23,28,42H,7,11,16-19,21H2,1-6H3. The lowest BCUT2D eigenvalue weighted by Gasteiger charge is -2.42. The van der Waals surface area contributed by atoms with E-state index in [1.807, 2.05) is 71.5 Å². The summed E-state index contributed by atoms with van der Waals surface area (Å²) in [4.78, 5) is 19.2. The number of aryl methyl sites for hydroxylation is 2. The SMILES string of the molecule is CCCc1c(Cc2ccc(-c3ccccc3)c(C#N)c2)c(=O)n(C2CCC(C)(OC(C)C(C)(C)O)CC2)c2nc(C)nn12. The second-order valence-corrected chi connectivity index (χ2v) is 12.9. The molecule has 0 radical (unpaired) electrons. The average Bonchev–Trinajstić information content (AvgIpc) is 3.36. The Bertz CT molecular complexity index is 1700. The first-order valence-electron chi connectivity index (χ1n) is 15.4. The zero-order valence-corrected chi connectivity index (χ0v) is 26.2. The molecule has 0 amide bonds. The first-order chi connectivity index (χ1) is 20.4. The lowest BCUT2D eigenvalue weighted by atomic mass is 9.82. The molecule has 0 saturated heterocycles. The number of nitriles is 1. The van der Waals surface area contributed by atoms with Gasteiger partial charge in [0.25, 0.3) is 5.56 Å². The summed E-state index contributed by atoms with van der Waals surface area (Å²) in [5, 5.41) is 25.2. The third kappa shape index (κ3) is 6.29. The van der Waals surface area contributed by atoms with Gasteiger partial charge in [-0.1, -0.05) is 55.8 Å². The lowest BCUT2D eigenvalue weighted by Crippen LogP contribution is -2.45. The number of benzene rings is 2. The Hall–Kier alpha value is -3.80. The lowest BCUT2D eigenvalue weighted by molar-refractivity contribution is -0.163. The number of fused-ring (bicyclic) bond motifs is 1. The quantitative estimate of drug-likeness (QED) is 0.248. The van der Waals surface area contributed by atoms with Crippen LogP contribution in [0.1, 0.15) is 101 Å². The molecule has 0 bridgehead atoms. The summed E-state index contributed by atoms with van der Waals surface area (Å²) in [5.74, 6) is 1.22. The number of hydrogen-bond acceptors (Lipinski definition) is 6. The van der Waals surface area contributed by atoms with Gasteiger partial charge in [0.15, 0.2) is 0 Å². The number of hydrogen-bond donors (Lipinski definition) is 1. The molecule has 226 valence electrons. The van der Waals surface area contributed by atoms with Crippen LogP contribution in [0.2, 0.25) is 0 Å². The van der Waals surface area contributed by atoms with Crippen molar-refractivity contribution in [2.75, 3.05) is 0 Å². The highest BCUT2D eigenvalue weighted by molar-refractivity contribution is 5.71. The first-order valence-corrected chi connectivity index (χ1v) is 15.4. The van der Waals surface area contributed by atoms with Gasteiger partial charge in [0, 0.05) is 18.0 Å². The summed E-state index contributed by atoms with van der Waals surface area (Å²) >= 11 is 0. The Labute approximate surface area is 254 Å². The Morgan fingerprint density at radius 3 is 2.51 bits per heavy atom. The molecule has 8 heteroatoms. The van der Waals surface area contributed by atoms with Crippen LogP contribution in [0.4, 0.5) is 0 Å². The topological polar surface area (TPSA) is 105 Å². The molecule has 2 aromatic carbocycles. The largest absolute Gasteiger partial charge is 0.388 e. The molecular formula is C35H43N5O3. The minimum atomic E-state index is -0.934. The highest BCUT2D eigenvalue weighted by Gasteiger charge is 2.38. The van der Waals surface area contributed by atoms with Crippen molar-refractivity contribution in [1.82, 2.24) is 19.2 Å². The van der Waals surface area contributed by atoms with Crippen LogP contribution in [-0.4, -0.2) is 41.6 Å². The molecule has 4 aromatic rings. The molecule has 1 fully saturated rings. The summed E-state index contributed by atoms with van der Waals surface area (Å²) in [6.07, 6.45) is 4.70. The van der Waals surface area contributed by atoms with E-state index < -0.39 is 5.60 Å². The van der Waals surface area contributed by atoms with E-state index in [-0.39, 0.29) is 23.3 Å². The van der Waals surface area contributed by atoms with Crippen molar-refractivity contribution < 1.29 is 9.84 Å². The number of rotatable bonds is 9. The molecule has 8 nitrogen and oxygen atoms in total. The molecule has 1 unspecified atom stereocenters. The maximum atomic E-state index is 14.5. The molecule has 1 saturated carbocycles. The fourth-order valence-corrected chi connectivity index (χ4v) is 6.26. The van der Waals surface area contributed by atoms with Crippen LogP contribution in [0.5, 0.6) is 0 Å². The number of ether oxygens (including phenoxy) is 1. The second-order valence-electron chi connectivity index (χ2n) is 12.9. The van der Waals surface area contributed by atoms with E-state index in [1.54, 1.807) is 13.8 Å². The molecule has 2 heterocycles. The van der Waals surface area contributed by atoms with Gasteiger partial charge in [-0.05, 0) is 89.5 Å². The maximum Gasteiger partial charge on any atom is 0.259 e. The second kappa shape index (κ2) is 12.1. The number of aliphatic hydroxyl groups is 1. The Morgan fingerprint density at radius 2 is 1.88 bits per heavy atom. The smallest absolute Gasteiger partial charge is 0.259 e. The van der Waals surface area contributed by atoms with Crippen LogP contribution in [0.15, 0.2) is 53.3 Å². The molecule has 43 heavy (non-hydrogen) atoms. The molecule has 5 rings (SSSR count). The van der Waals surface area contributed by atoms with E-state index in [9.17, 15) is 15.2 Å².